The van der Waals surface area contributed by atoms with Gasteiger partial charge < -0.3 is 10.3 Å². The van der Waals surface area contributed by atoms with Crippen LogP contribution in [0.2, 0.25) is 0 Å². The molecule has 0 fully saturated rings. The molecule has 2 N–H and O–H groups in total. The number of aromatic nitrogens is 5. The van der Waals surface area contributed by atoms with Crippen LogP contribution in [0, 0.1) is 0 Å². The van der Waals surface area contributed by atoms with Gasteiger partial charge in [0.25, 0.3) is 5.89 Å². The van der Waals surface area contributed by atoms with Crippen LogP contribution in [-0.4, -0.2) is 25.4 Å². The molecule has 3 aromatic rings. The minimum atomic E-state index is 0.105. The molecule has 0 aliphatic rings. The van der Waals surface area contributed by atoms with Gasteiger partial charge in [0.15, 0.2) is 0 Å². The molecule has 16 heavy (non-hydrogen) atoms. The Morgan fingerprint density at radius 1 is 1.25 bits per heavy atom. The van der Waals surface area contributed by atoms with Crippen LogP contribution in [0.15, 0.2) is 20.0 Å². The molecule has 0 spiro atoms. The fourth-order valence-corrected chi connectivity index (χ4v) is 1.62. The van der Waals surface area contributed by atoms with Gasteiger partial charge in [0.05, 0.1) is 5.51 Å². The molecule has 80 valence electrons. The monoisotopic (exact) mass is 236 g/mol. The fraction of sp³-hybridized carbons (Fsp3) is 0. The molecular formula is C7H4N6O2S. The third kappa shape index (κ3) is 1.34. The molecule has 0 saturated heterocycles. The summed E-state index contributed by atoms with van der Waals surface area (Å²) in [7, 11) is 0. The molecule has 0 aliphatic carbocycles. The van der Waals surface area contributed by atoms with Gasteiger partial charge in [0.1, 0.15) is 5.69 Å². The largest absolute Gasteiger partial charge is 0.379 e. The van der Waals surface area contributed by atoms with E-state index in [1.807, 2.05) is 0 Å². The van der Waals surface area contributed by atoms with Crippen LogP contribution in [0.4, 0.5) is 5.82 Å². The number of hydrogen-bond donors (Lipinski definition) is 1. The quantitative estimate of drug-likeness (QED) is 0.695. The Hall–Kier alpha value is -2.29. The van der Waals surface area contributed by atoms with Gasteiger partial charge in [0.2, 0.25) is 17.3 Å². The number of hydrogen-bond acceptors (Lipinski definition) is 9. The van der Waals surface area contributed by atoms with E-state index >= 15 is 0 Å². The van der Waals surface area contributed by atoms with Crippen LogP contribution in [0.3, 0.4) is 0 Å². The highest BCUT2D eigenvalue weighted by atomic mass is 32.1. The van der Waals surface area contributed by atoms with Crippen molar-refractivity contribution in [2.75, 3.05) is 5.73 Å². The molecule has 0 saturated carbocycles. The Bertz CT molecular complexity index is 600. The van der Waals surface area contributed by atoms with Crippen LogP contribution >= 0.6 is 11.3 Å². The highest BCUT2D eigenvalue weighted by molar-refractivity contribution is 7.07. The van der Waals surface area contributed by atoms with Crippen LogP contribution in [0.5, 0.6) is 0 Å². The van der Waals surface area contributed by atoms with E-state index in [4.69, 9.17) is 10.3 Å². The van der Waals surface area contributed by atoms with Gasteiger partial charge in [-0.3, -0.25) is 0 Å². The van der Waals surface area contributed by atoms with E-state index < -0.39 is 0 Å². The van der Waals surface area contributed by atoms with Crippen molar-refractivity contribution in [3.8, 4) is 23.1 Å². The molecule has 3 rings (SSSR count). The highest BCUT2D eigenvalue weighted by Gasteiger charge is 2.18. The zero-order valence-corrected chi connectivity index (χ0v) is 8.51. The predicted molar refractivity (Wildman–Crippen MR) is 53.1 cm³/mol. The summed E-state index contributed by atoms with van der Waals surface area (Å²) in [6.45, 7) is 0. The third-order valence-corrected chi connectivity index (χ3v) is 2.39. The van der Waals surface area contributed by atoms with Gasteiger partial charge in [-0.1, -0.05) is 5.16 Å². The lowest BCUT2D eigenvalue weighted by Crippen LogP contribution is -1.88. The SMILES string of the molecule is Nc1nonc1-c1nc(-c2cscn2)no1. The normalized spacial score (nSPS) is 10.8. The molecule has 0 aliphatic heterocycles. The first-order chi connectivity index (χ1) is 7.84. The number of nitrogen functional groups attached to an aromatic ring is 1. The Labute approximate surface area is 92.1 Å². The summed E-state index contributed by atoms with van der Waals surface area (Å²) in [4.78, 5) is 8.13. The molecule has 0 unspecified atom stereocenters. The zero-order valence-electron chi connectivity index (χ0n) is 7.69. The first-order valence-electron chi connectivity index (χ1n) is 4.15. The van der Waals surface area contributed by atoms with Gasteiger partial charge >= 0.3 is 0 Å². The Kier molecular flexibility index (Phi) is 1.90. The average Bonchev–Trinajstić information content (AvgIpc) is 2.96. The predicted octanol–water partition coefficient (Wildman–Crippen LogP) is 0.825. The molecule has 9 heteroatoms. The van der Waals surface area contributed by atoms with Crippen molar-refractivity contribution in [2.24, 2.45) is 0 Å². The molecule has 0 radical (unpaired) electrons. The van der Waals surface area contributed by atoms with Crippen molar-refractivity contribution in [1.82, 2.24) is 25.4 Å². The Balaban J connectivity index is 2.03. The van der Waals surface area contributed by atoms with Gasteiger partial charge in [-0.15, -0.1) is 11.3 Å². The lowest BCUT2D eigenvalue weighted by molar-refractivity contribution is 0.308. The molecule has 0 atom stereocenters. The van der Waals surface area contributed by atoms with E-state index in [0.29, 0.717) is 11.5 Å². The highest BCUT2D eigenvalue weighted by Crippen LogP contribution is 2.23. The maximum Gasteiger partial charge on any atom is 0.284 e. The second-order valence-electron chi connectivity index (χ2n) is 2.79. The number of nitrogens with zero attached hydrogens (tertiary/aromatic N) is 5. The summed E-state index contributed by atoms with van der Waals surface area (Å²) in [5, 5.41) is 12.5. The first-order valence-corrected chi connectivity index (χ1v) is 5.09. The van der Waals surface area contributed by atoms with Gasteiger partial charge in [0, 0.05) is 5.38 Å². The molecule has 8 nitrogen and oxygen atoms in total. The Morgan fingerprint density at radius 3 is 2.88 bits per heavy atom. The summed E-state index contributed by atoms with van der Waals surface area (Å²) in [6, 6.07) is 0. The van der Waals surface area contributed by atoms with Crippen molar-refractivity contribution in [3.05, 3.63) is 10.9 Å². The van der Waals surface area contributed by atoms with Crippen molar-refractivity contribution < 1.29 is 9.15 Å². The standard InChI is InChI=1S/C7H4N6O2S/c8-5-4(11-15-12-5)7-10-6(13-14-7)3-1-16-2-9-3/h1-2H,(H2,8,12). The zero-order chi connectivity index (χ0) is 11.0. The van der Waals surface area contributed by atoms with Crippen LogP contribution < -0.4 is 5.73 Å². The maximum atomic E-state index is 5.49. The van der Waals surface area contributed by atoms with E-state index in [1.165, 1.54) is 11.3 Å². The van der Waals surface area contributed by atoms with Crippen LogP contribution in [0.1, 0.15) is 0 Å². The van der Waals surface area contributed by atoms with Crippen molar-refractivity contribution >= 4 is 17.2 Å². The third-order valence-electron chi connectivity index (χ3n) is 1.80. The van der Waals surface area contributed by atoms with E-state index in [0.717, 1.165) is 0 Å². The number of nitrogens with two attached hydrogens (primary N) is 1. The second-order valence-corrected chi connectivity index (χ2v) is 3.51. The minimum Gasteiger partial charge on any atom is -0.379 e. The molecule has 3 aromatic heterocycles. The van der Waals surface area contributed by atoms with Crippen molar-refractivity contribution in [1.29, 1.82) is 0 Å². The molecular weight excluding hydrogens is 232 g/mol. The number of thiazole rings is 1. The van der Waals surface area contributed by atoms with E-state index in [9.17, 15) is 0 Å². The minimum absolute atomic E-state index is 0.105. The molecule has 0 aromatic carbocycles. The smallest absolute Gasteiger partial charge is 0.284 e. The second kappa shape index (κ2) is 3.38. The molecule has 0 bridgehead atoms. The Morgan fingerprint density at radius 2 is 2.19 bits per heavy atom. The first kappa shape index (κ1) is 8.97. The van der Waals surface area contributed by atoms with Crippen molar-refractivity contribution in [3.63, 3.8) is 0 Å². The summed E-state index contributed by atoms with van der Waals surface area (Å²) < 4.78 is 9.41. The van der Waals surface area contributed by atoms with E-state index in [-0.39, 0.29) is 17.4 Å². The molecule has 3 heterocycles. The van der Waals surface area contributed by atoms with Gasteiger partial charge in [-0.05, 0) is 10.3 Å². The summed E-state index contributed by atoms with van der Waals surface area (Å²) in [6.07, 6.45) is 0. The fourth-order valence-electron chi connectivity index (χ4n) is 1.09. The topological polar surface area (TPSA) is 117 Å². The molecule has 0 amide bonds. The summed E-state index contributed by atoms with van der Waals surface area (Å²) in [5.41, 5.74) is 8.03. The lowest BCUT2D eigenvalue weighted by atomic mass is 10.4. The summed E-state index contributed by atoms with van der Waals surface area (Å²) in [5.74, 6) is 0.633. The van der Waals surface area contributed by atoms with Crippen molar-refractivity contribution in [2.45, 2.75) is 0 Å². The van der Waals surface area contributed by atoms with E-state index in [1.54, 1.807) is 10.9 Å². The number of anilines is 1. The lowest BCUT2D eigenvalue weighted by Gasteiger charge is -1.83. The number of rotatable bonds is 2. The van der Waals surface area contributed by atoms with Gasteiger partial charge in [-0.25, -0.2) is 9.61 Å². The average molecular weight is 236 g/mol. The van der Waals surface area contributed by atoms with Crippen LogP contribution in [0.25, 0.3) is 23.1 Å². The van der Waals surface area contributed by atoms with E-state index in [2.05, 4.69) is 30.1 Å². The summed E-state index contributed by atoms with van der Waals surface area (Å²) >= 11 is 1.44. The van der Waals surface area contributed by atoms with Crippen LogP contribution in [-0.2, 0) is 0 Å². The maximum absolute atomic E-state index is 5.49. The van der Waals surface area contributed by atoms with Gasteiger partial charge in [-0.2, -0.15) is 4.98 Å².